The number of hydrogen-bond donors (Lipinski definition) is 1. The lowest BCUT2D eigenvalue weighted by atomic mass is 10.0. The number of benzene rings is 2. The first-order valence-electron chi connectivity index (χ1n) is 9.81. The molecule has 3 rings (SSSR count). The summed E-state index contributed by atoms with van der Waals surface area (Å²) >= 11 is 0. The zero-order valence-corrected chi connectivity index (χ0v) is 19.1. The molecule has 0 spiro atoms. The van der Waals surface area contributed by atoms with Crippen molar-refractivity contribution in [1.29, 1.82) is 0 Å². The van der Waals surface area contributed by atoms with E-state index in [2.05, 4.69) is 0 Å². The maximum atomic E-state index is 13.8. The standard InChI is InChI=1S/C21H24F3N3O3S.ClH/c1-14-2-4-17(5-3-14)31(29,30)27-8-6-26(7-9-27)21(28)12-16(25)10-15-11-19(23)20(24)13-18(15)22;/h2-5,11,13,16H,6-10,12,25H2,1H3;1H/t16-;/m1./s1. The van der Waals surface area contributed by atoms with Gasteiger partial charge in [0.05, 0.1) is 4.90 Å². The first-order valence-corrected chi connectivity index (χ1v) is 11.3. The van der Waals surface area contributed by atoms with E-state index in [1.54, 1.807) is 24.3 Å². The number of nitrogens with zero attached hydrogens (tertiary/aromatic N) is 2. The second-order valence-electron chi connectivity index (χ2n) is 7.62. The van der Waals surface area contributed by atoms with Gasteiger partial charge in [-0.05, 0) is 37.1 Å². The van der Waals surface area contributed by atoms with Gasteiger partial charge in [0, 0.05) is 44.7 Å². The topological polar surface area (TPSA) is 83.7 Å². The van der Waals surface area contributed by atoms with Crippen LogP contribution in [0.25, 0.3) is 0 Å². The van der Waals surface area contributed by atoms with Crippen LogP contribution in [0.2, 0.25) is 0 Å². The van der Waals surface area contributed by atoms with E-state index in [0.29, 0.717) is 6.07 Å². The normalized spacial score (nSPS) is 15.8. The Morgan fingerprint density at radius 3 is 2.16 bits per heavy atom. The lowest BCUT2D eigenvalue weighted by Gasteiger charge is -2.34. The zero-order valence-electron chi connectivity index (χ0n) is 17.4. The number of aryl methyl sites for hydroxylation is 1. The summed E-state index contributed by atoms with van der Waals surface area (Å²) in [4.78, 5) is 14.2. The van der Waals surface area contributed by atoms with Crippen LogP contribution < -0.4 is 5.73 Å². The Hall–Kier alpha value is -2.14. The molecule has 176 valence electrons. The molecule has 2 N–H and O–H groups in total. The summed E-state index contributed by atoms with van der Waals surface area (Å²) in [7, 11) is -3.64. The molecular weight excluding hydrogens is 467 g/mol. The predicted molar refractivity (Wildman–Crippen MR) is 116 cm³/mol. The third kappa shape index (κ3) is 6.00. The molecular formula is C21H25ClF3N3O3S. The number of piperazine rings is 1. The predicted octanol–water partition coefficient (Wildman–Crippen LogP) is 2.63. The van der Waals surface area contributed by atoms with Crippen LogP contribution in [0, 0.1) is 24.4 Å². The Morgan fingerprint density at radius 1 is 1.00 bits per heavy atom. The summed E-state index contributed by atoms with van der Waals surface area (Å²) in [6.07, 6.45) is -0.250. The van der Waals surface area contributed by atoms with Crippen LogP contribution in [0.5, 0.6) is 0 Å². The van der Waals surface area contributed by atoms with E-state index < -0.39 is 33.5 Å². The zero-order chi connectivity index (χ0) is 22.8. The third-order valence-corrected chi connectivity index (χ3v) is 7.17. The van der Waals surface area contributed by atoms with Crippen LogP contribution in [-0.2, 0) is 21.2 Å². The first-order chi connectivity index (χ1) is 14.6. The van der Waals surface area contributed by atoms with E-state index in [9.17, 15) is 26.4 Å². The minimum atomic E-state index is -3.64. The van der Waals surface area contributed by atoms with Crippen LogP contribution in [-0.4, -0.2) is 55.8 Å². The van der Waals surface area contributed by atoms with Gasteiger partial charge >= 0.3 is 0 Å². The average molecular weight is 492 g/mol. The summed E-state index contributed by atoms with van der Waals surface area (Å²) in [5, 5.41) is 0. The molecule has 1 atom stereocenters. The van der Waals surface area contributed by atoms with Crippen molar-refractivity contribution in [3.05, 3.63) is 65.0 Å². The average Bonchev–Trinajstić information content (AvgIpc) is 2.72. The Kier molecular flexibility index (Phi) is 8.69. The molecule has 0 saturated carbocycles. The van der Waals surface area contributed by atoms with Crippen molar-refractivity contribution in [3.8, 4) is 0 Å². The van der Waals surface area contributed by atoms with Gasteiger partial charge in [-0.2, -0.15) is 4.31 Å². The number of sulfonamides is 1. The molecule has 0 aromatic heterocycles. The second kappa shape index (κ2) is 10.7. The molecule has 1 fully saturated rings. The van der Waals surface area contributed by atoms with Crippen LogP contribution in [0.3, 0.4) is 0 Å². The van der Waals surface area contributed by atoms with Gasteiger partial charge in [0.25, 0.3) is 0 Å². The van der Waals surface area contributed by atoms with Crippen molar-refractivity contribution in [1.82, 2.24) is 9.21 Å². The molecule has 1 saturated heterocycles. The Morgan fingerprint density at radius 2 is 1.56 bits per heavy atom. The lowest BCUT2D eigenvalue weighted by Crippen LogP contribution is -2.51. The highest BCUT2D eigenvalue weighted by molar-refractivity contribution is 7.89. The van der Waals surface area contributed by atoms with Crippen LogP contribution >= 0.6 is 12.4 Å². The Bertz CT molecular complexity index is 1060. The molecule has 0 bridgehead atoms. The number of nitrogens with two attached hydrogens (primary N) is 1. The summed E-state index contributed by atoms with van der Waals surface area (Å²) in [6, 6.07) is 6.96. The van der Waals surface area contributed by atoms with Gasteiger partial charge in [0.15, 0.2) is 11.6 Å². The number of rotatable bonds is 6. The maximum Gasteiger partial charge on any atom is 0.243 e. The van der Waals surface area contributed by atoms with Gasteiger partial charge in [0.1, 0.15) is 5.82 Å². The SMILES string of the molecule is Cc1ccc(S(=O)(=O)N2CCN(C(=O)C[C@H](N)Cc3cc(F)c(F)cc3F)CC2)cc1.Cl. The number of halogens is 4. The number of hydrogen-bond acceptors (Lipinski definition) is 4. The maximum absolute atomic E-state index is 13.8. The van der Waals surface area contributed by atoms with E-state index in [1.165, 1.54) is 9.21 Å². The highest BCUT2D eigenvalue weighted by Crippen LogP contribution is 2.19. The van der Waals surface area contributed by atoms with Crippen molar-refractivity contribution >= 4 is 28.3 Å². The molecule has 1 heterocycles. The van der Waals surface area contributed by atoms with Crippen LogP contribution in [0.4, 0.5) is 13.2 Å². The summed E-state index contributed by atoms with van der Waals surface area (Å²) in [5.74, 6) is -3.69. The smallest absolute Gasteiger partial charge is 0.243 e. The lowest BCUT2D eigenvalue weighted by molar-refractivity contribution is -0.132. The largest absolute Gasteiger partial charge is 0.340 e. The summed E-state index contributed by atoms with van der Waals surface area (Å²) in [5.41, 5.74) is 6.77. The van der Waals surface area contributed by atoms with Crippen molar-refractivity contribution in [2.24, 2.45) is 5.73 Å². The number of carbonyl (C=O) groups is 1. The summed E-state index contributed by atoms with van der Waals surface area (Å²) < 4.78 is 67.0. The number of amides is 1. The highest BCUT2D eigenvalue weighted by Gasteiger charge is 2.30. The van der Waals surface area contributed by atoms with Crippen LogP contribution in [0.15, 0.2) is 41.3 Å². The molecule has 6 nitrogen and oxygen atoms in total. The van der Waals surface area contributed by atoms with Gasteiger partial charge in [-0.1, -0.05) is 17.7 Å². The molecule has 0 radical (unpaired) electrons. The fourth-order valence-electron chi connectivity index (χ4n) is 3.47. The molecule has 1 amide bonds. The molecule has 32 heavy (non-hydrogen) atoms. The molecule has 2 aromatic rings. The van der Waals surface area contributed by atoms with Crippen molar-refractivity contribution in [2.45, 2.75) is 30.7 Å². The van der Waals surface area contributed by atoms with Crippen molar-refractivity contribution < 1.29 is 26.4 Å². The highest BCUT2D eigenvalue weighted by atomic mass is 35.5. The molecule has 1 aliphatic rings. The second-order valence-corrected chi connectivity index (χ2v) is 9.56. The Labute approximate surface area is 191 Å². The van der Waals surface area contributed by atoms with Crippen molar-refractivity contribution in [2.75, 3.05) is 26.2 Å². The Balaban J connectivity index is 0.00000363. The van der Waals surface area contributed by atoms with Gasteiger partial charge < -0.3 is 10.6 Å². The van der Waals surface area contributed by atoms with Gasteiger partial charge in [0.2, 0.25) is 15.9 Å². The summed E-state index contributed by atoms with van der Waals surface area (Å²) in [6.45, 7) is 2.57. The van der Waals surface area contributed by atoms with Gasteiger partial charge in [-0.15, -0.1) is 12.4 Å². The van der Waals surface area contributed by atoms with E-state index in [0.717, 1.165) is 11.6 Å². The van der Waals surface area contributed by atoms with E-state index in [-0.39, 0.29) is 67.8 Å². The fraction of sp³-hybridized carbons (Fsp3) is 0.381. The van der Waals surface area contributed by atoms with Crippen LogP contribution in [0.1, 0.15) is 17.5 Å². The first kappa shape index (κ1) is 26.1. The third-order valence-electron chi connectivity index (χ3n) is 5.26. The van der Waals surface area contributed by atoms with E-state index in [4.69, 9.17) is 5.73 Å². The molecule has 0 aliphatic carbocycles. The molecule has 1 aliphatic heterocycles. The molecule has 11 heteroatoms. The van der Waals surface area contributed by atoms with Gasteiger partial charge in [-0.25, -0.2) is 21.6 Å². The quantitative estimate of drug-likeness (QED) is 0.630. The van der Waals surface area contributed by atoms with E-state index >= 15 is 0 Å². The molecule has 0 unspecified atom stereocenters. The fourth-order valence-corrected chi connectivity index (χ4v) is 4.89. The minimum Gasteiger partial charge on any atom is -0.340 e. The van der Waals surface area contributed by atoms with E-state index in [1.807, 2.05) is 6.92 Å². The van der Waals surface area contributed by atoms with Gasteiger partial charge in [-0.3, -0.25) is 4.79 Å². The van der Waals surface area contributed by atoms with Crippen molar-refractivity contribution in [3.63, 3.8) is 0 Å². The minimum absolute atomic E-state index is 0. The monoisotopic (exact) mass is 491 g/mol. The number of carbonyl (C=O) groups excluding carboxylic acids is 1. The molecule has 2 aromatic carbocycles.